The Kier molecular flexibility index (Phi) is 9.39. The Morgan fingerprint density at radius 1 is 0.757 bits per heavy atom. The molecule has 0 aliphatic rings. The van der Waals surface area contributed by atoms with E-state index in [0.29, 0.717) is 4.90 Å². The second kappa shape index (κ2) is 12.3. The van der Waals surface area contributed by atoms with E-state index in [4.69, 9.17) is 0 Å². The van der Waals surface area contributed by atoms with Crippen molar-refractivity contribution in [3.8, 4) is 0 Å². The molecule has 0 bridgehead atoms. The van der Waals surface area contributed by atoms with Crippen molar-refractivity contribution in [1.29, 1.82) is 0 Å². The summed E-state index contributed by atoms with van der Waals surface area (Å²) < 4.78 is 27.8. The van der Waals surface area contributed by atoms with E-state index < -0.39 is 15.1 Å². The van der Waals surface area contributed by atoms with Gasteiger partial charge in [0, 0.05) is 39.6 Å². The molecular weight excluding hydrogens is 476 g/mol. The lowest BCUT2D eigenvalue weighted by Gasteiger charge is -2.21. The molecule has 0 saturated heterocycles. The molecule has 1 unspecified atom stereocenters. The fraction of sp³-hybridized carbons (Fsp3) is 0.312. The summed E-state index contributed by atoms with van der Waals surface area (Å²) in [7, 11) is 4.42. The SMILES string of the molecule is CCc1cc(N(C)C)ccc1C=CC=CC(c1ccc(N(C)C)cc1CC)S(=O)(=O)c1ccc(C)cc1. The Morgan fingerprint density at radius 2 is 1.32 bits per heavy atom. The number of benzene rings is 3. The van der Waals surface area contributed by atoms with E-state index in [1.54, 1.807) is 12.1 Å². The van der Waals surface area contributed by atoms with Gasteiger partial charge in [-0.3, -0.25) is 0 Å². The third-order valence-electron chi connectivity index (χ3n) is 6.71. The van der Waals surface area contributed by atoms with Crippen LogP contribution in [0, 0.1) is 6.92 Å². The molecule has 0 amide bonds. The Bertz CT molecular complexity index is 1370. The third kappa shape index (κ3) is 6.72. The smallest absolute Gasteiger partial charge is 0.188 e. The minimum atomic E-state index is -3.65. The van der Waals surface area contributed by atoms with E-state index in [1.807, 2.05) is 82.5 Å². The van der Waals surface area contributed by atoms with Crippen LogP contribution in [0.1, 0.15) is 46.9 Å². The number of rotatable bonds is 10. The van der Waals surface area contributed by atoms with Crippen LogP contribution in [-0.4, -0.2) is 36.6 Å². The van der Waals surface area contributed by atoms with Gasteiger partial charge >= 0.3 is 0 Å². The zero-order chi connectivity index (χ0) is 27.2. The molecule has 0 heterocycles. The summed E-state index contributed by atoms with van der Waals surface area (Å²) in [6.45, 7) is 6.18. The van der Waals surface area contributed by atoms with Crippen molar-refractivity contribution in [3.05, 3.63) is 107 Å². The molecule has 0 spiro atoms. The van der Waals surface area contributed by atoms with Crippen LogP contribution in [0.3, 0.4) is 0 Å². The summed E-state index contributed by atoms with van der Waals surface area (Å²) >= 11 is 0. The summed E-state index contributed by atoms with van der Waals surface area (Å²) in [5.41, 5.74) is 7.51. The van der Waals surface area contributed by atoms with Crippen LogP contribution in [0.5, 0.6) is 0 Å². The van der Waals surface area contributed by atoms with Crippen molar-refractivity contribution in [2.24, 2.45) is 0 Å². The molecule has 5 heteroatoms. The highest BCUT2D eigenvalue weighted by molar-refractivity contribution is 7.91. The molecule has 0 fully saturated rings. The number of hydrogen-bond donors (Lipinski definition) is 0. The Balaban J connectivity index is 2.04. The molecule has 37 heavy (non-hydrogen) atoms. The molecule has 3 aromatic carbocycles. The van der Waals surface area contributed by atoms with Crippen molar-refractivity contribution in [2.75, 3.05) is 38.0 Å². The summed E-state index contributed by atoms with van der Waals surface area (Å²) in [5.74, 6) is 0. The summed E-state index contributed by atoms with van der Waals surface area (Å²) in [6.07, 6.45) is 9.36. The second-order valence-corrected chi connectivity index (χ2v) is 11.9. The van der Waals surface area contributed by atoms with Crippen LogP contribution in [0.15, 0.2) is 83.8 Å². The summed E-state index contributed by atoms with van der Waals surface area (Å²) in [4.78, 5) is 4.47. The van der Waals surface area contributed by atoms with Crippen LogP contribution >= 0.6 is 0 Å². The van der Waals surface area contributed by atoms with Gasteiger partial charge < -0.3 is 9.80 Å². The molecule has 0 saturated carbocycles. The van der Waals surface area contributed by atoms with Gasteiger partial charge in [0.15, 0.2) is 9.84 Å². The maximum Gasteiger partial charge on any atom is 0.188 e. The van der Waals surface area contributed by atoms with Gasteiger partial charge in [0.05, 0.1) is 4.90 Å². The average Bonchev–Trinajstić information content (AvgIpc) is 2.88. The standard InChI is InChI=1S/C32H40N2O2S/c1-8-25-22-28(33(4)5)17-16-27(25)12-10-11-13-32(37(35,36)30-19-14-24(3)15-20-30)31-21-18-29(34(6)7)23-26(31)9-2/h10-23,32H,8-9H2,1-7H3. The van der Waals surface area contributed by atoms with Gasteiger partial charge in [0.1, 0.15) is 5.25 Å². The molecular formula is C32H40N2O2S. The lowest BCUT2D eigenvalue weighted by molar-refractivity contribution is 0.590. The van der Waals surface area contributed by atoms with E-state index in [0.717, 1.165) is 40.8 Å². The Hall–Kier alpha value is -3.31. The van der Waals surface area contributed by atoms with E-state index in [-0.39, 0.29) is 0 Å². The number of hydrogen-bond acceptors (Lipinski definition) is 4. The molecule has 196 valence electrons. The van der Waals surface area contributed by atoms with Crippen molar-refractivity contribution < 1.29 is 8.42 Å². The van der Waals surface area contributed by atoms with E-state index in [1.165, 1.54) is 11.3 Å². The van der Waals surface area contributed by atoms with Crippen LogP contribution < -0.4 is 9.80 Å². The number of anilines is 2. The molecule has 3 rings (SSSR count). The average molecular weight is 517 g/mol. The molecule has 1 atom stereocenters. The van der Waals surface area contributed by atoms with Crippen molar-refractivity contribution in [3.63, 3.8) is 0 Å². The van der Waals surface area contributed by atoms with E-state index in [9.17, 15) is 8.42 Å². The topological polar surface area (TPSA) is 40.6 Å². The first-order valence-electron chi connectivity index (χ1n) is 12.8. The predicted molar refractivity (Wildman–Crippen MR) is 160 cm³/mol. The normalized spacial score (nSPS) is 12.8. The second-order valence-electron chi connectivity index (χ2n) is 9.78. The minimum Gasteiger partial charge on any atom is -0.378 e. The van der Waals surface area contributed by atoms with Gasteiger partial charge in [0.2, 0.25) is 0 Å². The molecule has 0 N–H and O–H groups in total. The first-order chi connectivity index (χ1) is 17.6. The van der Waals surface area contributed by atoms with Gasteiger partial charge in [0.25, 0.3) is 0 Å². The summed E-state index contributed by atoms with van der Waals surface area (Å²) in [5, 5.41) is -0.784. The molecule has 4 nitrogen and oxygen atoms in total. The van der Waals surface area contributed by atoms with E-state index in [2.05, 4.69) is 49.1 Å². The number of allylic oxidation sites excluding steroid dienone is 2. The zero-order valence-corrected chi connectivity index (χ0v) is 24.0. The Morgan fingerprint density at radius 3 is 1.89 bits per heavy atom. The largest absolute Gasteiger partial charge is 0.378 e. The van der Waals surface area contributed by atoms with Gasteiger partial charge in [-0.05, 0) is 78.4 Å². The van der Waals surface area contributed by atoms with Crippen molar-refractivity contribution >= 4 is 27.3 Å². The number of aryl methyl sites for hydroxylation is 3. The number of sulfone groups is 1. The first kappa shape index (κ1) is 28.3. The molecule has 0 radical (unpaired) electrons. The van der Waals surface area contributed by atoms with Crippen LogP contribution in [0.2, 0.25) is 0 Å². The molecule has 0 aromatic heterocycles. The van der Waals surface area contributed by atoms with Gasteiger partial charge in [-0.25, -0.2) is 8.42 Å². The van der Waals surface area contributed by atoms with Gasteiger partial charge in [-0.15, -0.1) is 0 Å². The highest BCUT2D eigenvalue weighted by Crippen LogP contribution is 2.34. The summed E-state index contributed by atoms with van der Waals surface area (Å²) in [6, 6.07) is 19.6. The lowest BCUT2D eigenvalue weighted by Crippen LogP contribution is -2.15. The monoisotopic (exact) mass is 516 g/mol. The molecule has 3 aromatic rings. The van der Waals surface area contributed by atoms with Crippen LogP contribution in [0.25, 0.3) is 6.08 Å². The van der Waals surface area contributed by atoms with Gasteiger partial charge in [-0.2, -0.15) is 0 Å². The highest BCUT2D eigenvalue weighted by atomic mass is 32.2. The predicted octanol–water partition coefficient (Wildman–Crippen LogP) is 7.04. The maximum absolute atomic E-state index is 13.9. The molecule has 0 aliphatic heterocycles. The van der Waals surface area contributed by atoms with Gasteiger partial charge in [-0.1, -0.05) is 68.0 Å². The number of nitrogens with zero attached hydrogens (tertiary/aromatic N) is 2. The lowest BCUT2D eigenvalue weighted by atomic mass is 10.0. The third-order valence-corrected chi connectivity index (χ3v) is 8.72. The molecule has 0 aliphatic carbocycles. The van der Waals surface area contributed by atoms with Crippen LogP contribution in [-0.2, 0) is 22.7 Å². The quantitative estimate of drug-likeness (QED) is 0.271. The van der Waals surface area contributed by atoms with Crippen molar-refractivity contribution in [1.82, 2.24) is 0 Å². The maximum atomic E-state index is 13.9. The fourth-order valence-corrected chi connectivity index (χ4v) is 6.04. The zero-order valence-electron chi connectivity index (χ0n) is 23.2. The minimum absolute atomic E-state index is 0.336. The van der Waals surface area contributed by atoms with Crippen LogP contribution in [0.4, 0.5) is 11.4 Å². The fourth-order valence-electron chi connectivity index (χ4n) is 4.37. The first-order valence-corrected chi connectivity index (χ1v) is 14.4. The highest BCUT2D eigenvalue weighted by Gasteiger charge is 2.28. The Labute approximate surface area is 223 Å². The van der Waals surface area contributed by atoms with Crippen molar-refractivity contribution in [2.45, 2.75) is 43.8 Å². The van der Waals surface area contributed by atoms with E-state index >= 15 is 0 Å².